The van der Waals surface area contributed by atoms with Gasteiger partial charge in [0.2, 0.25) is 0 Å². The Labute approximate surface area is 77.4 Å². The van der Waals surface area contributed by atoms with Gasteiger partial charge in [-0.25, -0.2) is 4.98 Å². The van der Waals surface area contributed by atoms with Crippen LogP contribution in [0.15, 0.2) is 6.20 Å². The molecule has 3 nitrogen and oxygen atoms in total. The molecule has 0 radical (unpaired) electrons. The average Bonchev–Trinajstić information content (AvgIpc) is 2.36. The molecule has 1 aromatic rings. The predicted molar refractivity (Wildman–Crippen MR) is 53.7 cm³/mol. The average molecular weight is 185 g/mol. The molecule has 0 aliphatic heterocycles. The van der Waals surface area contributed by atoms with Crippen LogP contribution < -0.4 is 5.32 Å². The van der Waals surface area contributed by atoms with Crippen LogP contribution in [0.1, 0.15) is 11.8 Å². The van der Waals surface area contributed by atoms with Crippen molar-refractivity contribution in [2.75, 3.05) is 26.0 Å². The molecule has 12 heavy (non-hydrogen) atoms. The maximum atomic E-state index is 4.24. The number of hydrogen-bond donors (Lipinski definition) is 1. The van der Waals surface area contributed by atoms with E-state index < -0.39 is 0 Å². The van der Waals surface area contributed by atoms with E-state index in [0.29, 0.717) is 0 Å². The summed E-state index contributed by atoms with van der Waals surface area (Å²) in [6.07, 6.45) is 1.93. The quantitative estimate of drug-likeness (QED) is 0.773. The van der Waals surface area contributed by atoms with Gasteiger partial charge in [0.25, 0.3) is 0 Å². The van der Waals surface area contributed by atoms with Crippen LogP contribution in [-0.2, 0) is 6.54 Å². The predicted octanol–water partition coefficient (Wildman–Crippen LogP) is 1.64. The summed E-state index contributed by atoms with van der Waals surface area (Å²) in [5.74, 6) is 0. The third kappa shape index (κ3) is 2.79. The zero-order valence-corrected chi connectivity index (χ0v) is 8.61. The summed E-state index contributed by atoms with van der Waals surface area (Å²) in [4.78, 5) is 7.68. The highest BCUT2D eigenvalue weighted by Gasteiger charge is 2.00. The van der Waals surface area contributed by atoms with E-state index in [-0.39, 0.29) is 0 Å². The molecule has 0 bridgehead atoms. The zero-order valence-electron chi connectivity index (χ0n) is 7.79. The molecule has 1 N–H and O–H groups in total. The van der Waals surface area contributed by atoms with Crippen molar-refractivity contribution in [1.82, 2.24) is 9.88 Å². The number of aromatic nitrogens is 1. The third-order valence-electron chi connectivity index (χ3n) is 1.35. The fourth-order valence-electron chi connectivity index (χ4n) is 0.925. The minimum atomic E-state index is 0.939. The minimum Gasteiger partial charge on any atom is -0.362 e. The SMILES string of the molecule is CCNc1ncc(CN(C)C)s1. The van der Waals surface area contributed by atoms with Crippen LogP contribution in [-0.4, -0.2) is 30.5 Å². The molecule has 1 aromatic heterocycles. The van der Waals surface area contributed by atoms with Gasteiger partial charge >= 0.3 is 0 Å². The van der Waals surface area contributed by atoms with Crippen molar-refractivity contribution in [3.05, 3.63) is 11.1 Å². The Morgan fingerprint density at radius 3 is 2.92 bits per heavy atom. The van der Waals surface area contributed by atoms with Gasteiger partial charge in [-0.3, -0.25) is 0 Å². The summed E-state index contributed by atoms with van der Waals surface area (Å²) in [5.41, 5.74) is 0. The number of thiazole rings is 1. The van der Waals surface area contributed by atoms with Crippen molar-refractivity contribution in [1.29, 1.82) is 0 Å². The summed E-state index contributed by atoms with van der Waals surface area (Å²) in [6.45, 7) is 3.99. The lowest BCUT2D eigenvalue weighted by Gasteiger charge is -2.05. The van der Waals surface area contributed by atoms with Crippen molar-refractivity contribution in [2.45, 2.75) is 13.5 Å². The van der Waals surface area contributed by atoms with Crippen LogP contribution in [0.2, 0.25) is 0 Å². The Balaban J connectivity index is 2.52. The summed E-state index contributed by atoms with van der Waals surface area (Å²) < 4.78 is 0. The third-order valence-corrected chi connectivity index (χ3v) is 2.29. The van der Waals surface area contributed by atoms with Crippen molar-refractivity contribution in [3.63, 3.8) is 0 Å². The van der Waals surface area contributed by atoms with E-state index in [1.165, 1.54) is 4.88 Å². The van der Waals surface area contributed by atoms with E-state index in [1.807, 2.05) is 6.20 Å². The van der Waals surface area contributed by atoms with Crippen LogP contribution in [0, 0.1) is 0 Å². The van der Waals surface area contributed by atoms with Gasteiger partial charge in [-0.05, 0) is 21.0 Å². The molecule has 0 fully saturated rings. The number of nitrogens with one attached hydrogen (secondary N) is 1. The number of anilines is 1. The fraction of sp³-hybridized carbons (Fsp3) is 0.625. The molecule has 0 aliphatic rings. The highest BCUT2D eigenvalue weighted by molar-refractivity contribution is 7.15. The maximum absolute atomic E-state index is 4.24. The van der Waals surface area contributed by atoms with Crippen LogP contribution >= 0.6 is 11.3 Å². The van der Waals surface area contributed by atoms with E-state index in [1.54, 1.807) is 11.3 Å². The van der Waals surface area contributed by atoms with E-state index in [9.17, 15) is 0 Å². The van der Waals surface area contributed by atoms with Crippen molar-refractivity contribution in [2.24, 2.45) is 0 Å². The standard InChI is InChI=1S/C8H15N3S/c1-4-9-8-10-5-7(12-8)6-11(2)3/h5H,4,6H2,1-3H3,(H,9,10). The highest BCUT2D eigenvalue weighted by Crippen LogP contribution is 2.18. The first-order chi connectivity index (χ1) is 5.72. The Morgan fingerprint density at radius 1 is 1.58 bits per heavy atom. The second-order valence-corrected chi connectivity index (χ2v) is 4.02. The van der Waals surface area contributed by atoms with Crippen LogP contribution in [0.5, 0.6) is 0 Å². The van der Waals surface area contributed by atoms with Crippen molar-refractivity contribution in [3.8, 4) is 0 Å². The second kappa shape index (κ2) is 4.42. The minimum absolute atomic E-state index is 0.939. The summed E-state index contributed by atoms with van der Waals surface area (Å²) in [6, 6.07) is 0. The summed E-state index contributed by atoms with van der Waals surface area (Å²) in [7, 11) is 4.12. The molecule has 1 rings (SSSR count). The van der Waals surface area contributed by atoms with Gasteiger partial charge in [0.1, 0.15) is 0 Å². The first-order valence-corrected chi connectivity index (χ1v) is 4.87. The molecule has 0 atom stereocenters. The second-order valence-electron chi connectivity index (χ2n) is 2.90. The molecule has 0 unspecified atom stereocenters. The first kappa shape index (κ1) is 9.48. The lowest BCUT2D eigenvalue weighted by molar-refractivity contribution is 0.406. The first-order valence-electron chi connectivity index (χ1n) is 4.05. The summed E-state index contributed by atoms with van der Waals surface area (Å²) in [5, 5.41) is 4.21. The number of rotatable bonds is 4. The van der Waals surface area contributed by atoms with Gasteiger partial charge in [-0.1, -0.05) is 0 Å². The monoisotopic (exact) mass is 185 g/mol. The Morgan fingerprint density at radius 2 is 2.33 bits per heavy atom. The highest BCUT2D eigenvalue weighted by atomic mass is 32.1. The Bertz CT molecular complexity index is 232. The Kier molecular flexibility index (Phi) is 3.49. The number of hydrogen-bond acceptors (Lipinski definition) is 4. The fourth-order valence-corrected chi connectivity index (χ4v) is 1.92. The van der Waals surface area contributed by atoms with Gasteiger partial charge < -0.3 is 10.2 Å². The molecule has 68 valence electrons. The normalized spacial score (nSPS) is 10.7. The molecular weight excluding hydrogens is 170 g/mol. The van der Waals surface area contributed by atoms with Gasteiger partial charge in [-0.2, -0.15) is 0 Å². The van der Waals surface area contributed by atoms with Gasteiger partial charge in [0.05, 0.1) is 0 Å². The van der Waals surface area contributed by atoms with E-state index in [2.05, 4.69) is 36.2 Å². The molecule has 0 aliphatic carbocycles. The van der Waals surface area contributed by atoms with Gasteiger partial charge in [-0.15, -0.1) is 11.3 Å². The molecule has 0 amide bonds. The molecule has 0 saturated heterocycles. The van der Waals surface area contributed by atoms with Crippen LogP contribution in [0.25, 0.3) is 0 Å². The lowest BCUT2D eigenvalue weighted by Crippen LogP contribution is -2.09. The van der Waals surface area contributed by atoms with E-state index in [0.717, 1.165) is 18.2 Å². The van der Waals surface area contributed by atoms with Crippen LogP contribution in [0.4, 0.5) is 5.13 Å². The smallest absolute Gasteiger partial charge is 0.182 e. The lowest BCUT2D eigenvalue weighted by atomic mass is 10.5. The van der Waals surface area contributed by atoms with Crippen molar-refractivity contribution >= 4 is 16.5 Å². The maximum Gasteiger partial charge on any atom is 0.182 e. The molecule has 0 aromatic carbocycles. The van der Waals surface area contributed by atoms with Gasteiger partial charge in [0, 0.05) is 24.2 Å². The molecule has 4 heteroatoms. The van der Waals surface area contributed by atoms with Crippen LogP contribution in [0.3, 0.4) is 0 Å². The van der Waals surface area contributed by atoms with E-state index >= 15 is 0 Å². The largest absolute Gasteiger partial charge is 0.362 e. The topological polar surface area (TPSA) is 28.2 Å². The number of nitrogens with zero attached hydrogens (tertiary/aromatic N) is 2. The summed E-state index contributed by atoms with van der Waals surface area (Å²) >= 11 is 1.72. The molecule has 1 heterocycles. The van der Waals surface area contributed by atoms with E-state index in [4.69, 9.17) is 0 Å². The van der Waals surface area contributed by atoms with Gasteiger partial charge in [0.15, 0.2) is 5.13 Å². The molecule has 0 saturated carbocycles. The van der Waals surface area contributed by atoms with Crippen molar-refractivity contribution < 1.29 is 0 Å². The Hall–Kier alpha value is -0.610. The molecular formula is C8H15N3S. The zero-order chi connectivity index (χ0) is 8.97. The molecule has 0 spiro atoms.